The first kappa shape index (κ1) is 42.5. The monoisotopic (exact) mass is 918 g/mol. The summed E-state index contributed by atoms with van der Waals surface area (Å²) in [5, 5.41) is 9.46. The first-order valence-electron chi connectivity index (χ1n) is 24.5. The molecule has 0 saturated heterocycles. The summed E-state index contributed by atoms with van der Waals surface area (Å²) in [4.78, 5) is 16.1. The Morgan fingerprint density at radius 1 is 0.194 bits per heavy atom. The van der Waals surface area contributed by atoms with Gasteiger partial charge in [-0.3, -0.25) is 0 Å². The summed E-state index contributed by atoms with van der Waals surface area (Å²) in [6.07, 6.45) is 0. The molecule has 0 unspecified atom stereocenters. The van der Waals surface area contributed by atoms with Gasteiger partial charge in [0.2, 0.25) is 0 Å². The smallest absolute Gasteiger partial charge is 0.0973 e. The molecular formula is C68H46N4. The van der Waals surface area contributed by atoms with Crippen LogP contribution in [0.15, 0.2) is 279 Å². The summed E-state index contributed by atoms with van der Waals surface area (Å²) in [6, 6.07) is 99.4. The third-order valence-corrected chi connectivity index (χ3v) is 13.8. The fraction of sp³-hybridized carbons (Fsp3) is 0. The third kappa shape index (κ3) is 7.68. The summed E-state index contributed by atoms with van der Waals surface area (Å²) in [7, 11) is 0. The van der Waals surface area contributed by atoms with Crippen LogP contribution in [0.2, 0.25) is 0 Å². The van der Waals surface area contributed by atoms with Crippen LogP contribution in [0.4, 0.5) is 34.1 Å². The Balaban J connectivity index is 0.999. The van der Waals surface area contributed by atoms with E-state index in [-0.39, 0.29) is 0 Å². The van der Waals surface area contributed by atoms with Crippen LogP contribution in [0.5, 0.6) is 0 Å². The van der Waals surface area contributed by atoms with Crippen molar-refractivity contribution >= 4 is 77.2 Å². The molecular weight excluding hydrogens is 873 g/mol. The molecule has 0 aliphatic carbocycles. The van der Waals surface area contributed by atoms with Gasteiger partial charge in [0.15, 0.2) is 0 Å². The van der Waals surface area contributed by atoms with Crippen molar-refractivity contribution in [3.05, 3.63) is 279 Å². The van der Waals surface area contributed by atoms with E-state index in [1.807, 2.05) is 12.1 Å². The molecule has 13 rings (SSSR count). The predicted molar refractivity (Wildman–Crippen MR) is 303 cm³/mol. The number of aromatic nitrogens is 2. The van der Waals surface area contributed by atoms with Crippen LogP contribution >= 0.6 is 0 Å². The largest absolute Gasteiger partial charge is 0.309 e. The first-order chi connectivity index (χ1) is 35.7. The average molecular weight is 919 g/mol. The van der Waals surface area contributed by atoms with Gasteiger partial charge in [0.25, 0.3) is 0 Å². The Hall–Kier alpha value is -9.64. The van der Waals surface area contributed by atoms with E-state index in [2.05, 4.69) is 277 Å². The molecule has 0 radical (unpaired) electrons. The van der Waals surface area contributed by atoms with Gasteiger partial charge in [-0.05, 0) is 70.1 Å². The quantitative estimate of drug-likeness (QED) is 0.137. The second-order valence-electron chi connectivity index (χ2n) is 18.1. The summed E-state index contributed by atoms with van der Waals surface area (Å²) in [5.74, 6) is 0. The van der Waals surface area contributed by atoms with Gasteiger partial charge >= 0.3 is 0 Å². The maximum absolute atomic E-state index is 5.67. The highest BCUT2D eigenvalue weighted by molar-refractivity contribution is 6.06. The molecule has 0 bridgehead atoms. The fourth-order valence-corrected chi connectivity index (χ4v) is 10.4. The van der Waals surface area contributed by atoms with Crippen molar-refractivity contribution in [2.24, 2.45) is 0 Å². The van der Waals surface area contributed by atoms with Crippen molar-refractivity contribution < 1.29 is 0 Å². The standard InChI is InChI=1S/C68H46N4/c1-3-23-51(24-4-1)65-66(52-25-5-2-6-26-52)70-68(54-41-45-56(46-42-54)72(63-37-17-29-49-21-9-13-33-59(49)63)64-38-18-30-50-22-10-14-34-60(50)64)67(69-65)53-39-43-55(44-40-53)71(61-35-15-27-47-19-7-11-31-57(47)61)62-36-16-28-48-20-8-12-32-58(48)62/h1-46H. The van der Waals surface area contributed by atoms with Gasteiger partial charge in [0, 0.05) is 55.2 Å². The lowest BCUT2D eigenvalue weighted by Crippen LogP contribution is -2.11. The SMILES string of the molecule is c1ccc(-c2nc(-c3ccc(N(c4cccc5ccccc45)c4cccc5ccccc45)cc3)c(-c3ccc(N(c4cccc5ccccc45)c4cccc5ccccc45)cc3)nc2-c2ccccc2)cc1. The number of hydrogen-bond donors (Lipinski definition) is 0. The minimum atomic E-state index is 0.801. The minimum absolute atomic E-state index is 0.801. The van der Waals surface area contributed by atoms with Crippen molar-refractivity contribution in [3.8, 4) is 45.0 Å². The van der Waals surface area contributed by atoms with Crippen LogP contribution in [-0.4, -0.2) is 9.97 Å². The van der Waals surface area contributed by atoms with E-state index in [9.17, 15) is 0 Å². The molecule has 4 nitrogen and oxygen atoms in total. The predicted octanol–water partition coefficient (Wildman–Crippen LogP) is 18.7. The number of fused-ring (bicyclic) bond motifs is 4. The van der Waals surface area contributed by atoms with Gasteiger partial charge in [-0.2, -0.15) is 0 Å². The second-order valence-corrected chi connectivity index (χ2v) is 18.1. The Morgan fingerprint density at radius 3 is 0.722 bits per heavy atom. The maximum Gasteiger partial charge on any atom is 0.0973 e. The molecule has 0 N–H and O–H groups in total. The Kier molecular flexibility index (Phi) is 10.8. The molecule has 0 spiro atoms. The first-order valence-corrected chi connectivity index (χ1v) is 24.5. The van der Waals surface area contributed by atoms with Gasteiger partial charge in [-0.15, -0.1) is 0 Å². The van der Waals surface area contributed by atoms with Crippen LogP contribution in [0.25, 0.3) is 88.1 Å². The molecule has 1 aromatic heterocycles. The Bertz CT molecular complexity index is 3650. The zero-order valence-corrected chi connectivity index (χ0v) is 39.3. The molecule has 12 aromatic carbocycles. The molecule has 0 aliphatic rings. The Morgan fingerprint density at radius 2 is 0.431 bits per heavy atom. The number of nitrogens with zero attached hydrogens (tertiary/aromatic N) is 4. The van der Waals surface area contributed by atoms with Crippen molar-refractivity contribution in [1.82, 2.24) is 9.97 Å². The van der Waals surface area contributed by atoms with Crippen molar-refractivity contribution in [2.75, 3.05) is 9.80 Å². The lowest BCUT2D eigenvalue weighted by molar-refractivity contribution is 1.21. The van der Waals surface area contributed by atoms with E-state index in [4.69, 9.17) is 9.97 Å². The van der Waals surface area contributed by atoms with Crippen LogP contribution in [0.3, 0.4) is 0 Å². The van der Waals surface area contributed by atoms with Gasteiger partial charge in [-0.25, -0.2) is 9.97 Å². The summed E-state index contributed by atoms with van der Waals surface area (Å²) in [6.45, 7) is 0. The zero-order valence-electron chi connectivity index (χ0n) is 39.3. The lowest BCUT2D eigenvalue weighted by atomic mass is 9.98. The molecule has 0 fully saturated rings. The minimum Gasteiger partial charge on any atom is -0.309 e. The molecule has 13 aromatic rings. The van der Waals surface area contributed by atoms with Crippen LogP contribution in [0, 0.1) is 0 Å². The van der Waals surface area contributed by atoms with Crippen LogP contribution in [-0.2, 0) is 0 Å². The topological polar surface area (TPSA) is 32.3 Å². The van der Waals surface area contributed by atoms with Gasteiger partial charge < -0.3 is 9.80 Å². The average Bonchev–Trinajstić information content (AvgIpc) is 3.46. The summed E-state index contributed by atoms with van der Waals surface area (Å²) in [5.41, 5.74) is 13.7. The maximum atomic E-state index is 5.67. The fourth-order valence-electron chi connectivity index (χ4n) is 10.4. The van der Waals surface area contributed by atoms with Gasteiger partial charge in [-0.1, -0.05) is 231 Å². The summed E-state index contributed by atoms with van der Waals surface area (Å²) < 4.78 is 0. The summed E-state index contributed by atoms with van der Waals surface area (Å²) >= 11 is 0. The van der Waals surface area contributed by atoms with E-state index in [1.165, 1.54) is 43.1 Å². The van der Waals surface area contributed by atoms with E-state index in [0.717, 1.165) is 79.2 Å². The second kappa shape index (κ2) is 18.4. The molecule has 0 atom stereocenters. The highest BCUT2D eigenvalue weighted by atomic mass is 15.2. The van der Waals surface area contributed by atoms with Crippen LogP contribution in [0.1, 0.15) is 0 Å². The highest BCUT2D eigenvalue weighted by Gasteiger charge is 2.23. The van der Waals surface area contributed by atoms with E-state index in [1.54, 1.807) is 0 Å². The van der Waals surface area contributed by atoms with E-state index in [0.29, 0.717) is 0 Å². The highest BCUT2D eigenvalue weighted by Crippen LogP contribution is 2.46. The van der Waals surface area contributed by atoms with E-state index < -0.39 is 0 Å². The van der Waals surface area contributed by atoms with Crippen molar-refractivity contribution in [2.45, 2.75) is 0 Å². The third-order valence-electron chi connectivity index (χ3n) is 13.8. The molecule has 0 saturated carbocycles. The van der Waals surface area contributed by atoms with Crippen molar-refractivity contribution in [1.29, 1.82) is 0 Å². The van der Waals surface area contributed by atoms with Gasteiger partial charge in [0.05, 0.1) is 45.5 Å². The van der Waals surface area contributed by atoms with Crippen molar-refractivity contribution in [3.63, 3.8) is 0 Å². The molecule has 338 valence electrons. The number of hydrogen-bond acceptors (Lipinski definition) is 4. The molecule has 0 amide bonds. The van der Waals surface area contributed by atoms with E-state index >= 15 is 0 Å². The molecule has 72 heavy (non-hydrogen) atoms. The number of benzene rings is 12. The molecule has 0 aliphatic heterocycles. The molecule has 4 heteroatoms. The van der Waals surface area contributed by atoms with Gasteiger partial charge in [0.1, 0.15) is 0 Å². The Labute approximate surface area is 419 Å². The number of anilines is 6. The molecule has 1 heterocycles. The van der Waals surface area contributed by atoms with Crippen LogP contribution < -0.4 is 9.80 Å². The lowest BCUT2D eigenvalue weighted by Gasteiger charge is -2.28. The zero-order chi connectivity index (χ0) is 47.8. The normalized spacial score (nSPS) is 11.3. The number of rotatable bonds is 10.